The van der Waals surface area contributed by atoms with Gasteiger partial charge in [0.2, 0.25) is 0 Å². The summed E-state index contributed by atoms with van der Waals surface area (Å²) in [5.74, 6) is 0.552. The van der Waals surface area contributed by atoms with E-state index in [0.717, 1.165) is 0 Å². The van der Waals surface area contributed by atoms with Gasteiger partial charge in [-0.3, -0.25) is 0 Å². The van der Waals surface area contributed by atoms with Crippen LogP contribution in [0.1, 0.15) is 25.5 Å². The summed E-state index contributed by atoms with van der Waals surface area (Å²) in [5, 5.41) is 0. The molecule has 2 rings (SSSR count). The summed E-state index contributed by atoms with van der Waals surface area (Å²) in [6.07, 6.45) is 3.68. The summed E-state index contributed by atoms with van der Waals surface area (Å²) in [5.41, 5.74) is 2.53. The van der Waals surface area contributed by atoms with Crippen LogP contribution in [0.15, 0.2) is 30.7 Å². The van der Waals surface area contributed by atoms with Crippen molar-refractivity contribution in [3.63, 3.8) is 0 Å². The average molecular weight is 160 g/mol. The highest BCUT2D eigenvalue weighted by Gasteiger charge is 2.03. The van der Waals surface area contributed by atoms with Crippen LogP contribution in [0, 0.1) is 0 Å². The third kappa shape index (κ3) is 0.998. The van der Waals surface area contributed by atoms with Crippen molar-refractivity contribution in [3.05, 3.63) is 36.4 Å². The Labute approximate surface area is 71.9 Å². The maximum Gasteiger partial charge on any atom is 0.0992 e. The van der Waals surface area contributed by atoms with E-state index in [1.807, 2.05) is 18.6 Å². The molecule has 0 N–H and O–H groups in total. The zero-order valence-electron chi connectivity index (χ0n) is 7.36. The number of nitrogens with zero attached hydrogens (tertiary/aromatic N) is 2. The summed E-state index contributed by atoms with van der Waals surface area (Å²) < 4.78 is 2.13. The molecule has 2 aromatic heterocycles. The van der Waals surface area contributed by atoms with Crippen LogP contribution in [-0.2, 0) is 0 Å². The van der Waals surface area contributed by atoms with E-state index >= 15 is 0 Å². The van der Waals surface area contributed by atoms with Crippen molar-refractivity contribution in [1.82, 2.24) is 9.38 Å². The first-order valence-electron chi connectivity index (χ1n) is 4.20. The third-order valence-electron chi connectivity index (χ3n) is 2.09. The van der Waals surface area contributed by atoms with E-state index in [9.17, 15) is 0 Å². The largest absolute Gasteiger partial charge is 0.305 e. The molecule has 0 aromatic carbocycles. The number of hydrogen-bond donors (Lipinski definition) is 0. The minimum atomic E-state index is 0.552. The summed E-state index contributed by atoms with van der Waals surface area (Å²) in [6, 6.07) is 6.30. The summed E-state index contributed by atoms with van der Waals surface area (Å²) >= 11 is 0. The molecule has 0 saturated heterocycles. The molecule has 0 aliphatic heterocycles. The van der Waals surface area contributed by atoms with Gasteiger partial charge in [0.25, 0.3) is 0 Å². The Bertz CT molecular complexity index is 387. The molecule has 2 heteroatoms. The van der Waals surface area contributed by atoms with Crippen LogP contribution in [0.3, 0.4) is 0 Å². The van der Waals surface area contributed by atoms with E-state index < -0.39 is 0 Å². The molecule has 2 aromatic rings. The van der Waals surface area contributed by atoms with Crippen molar-refractivity contribution in [2.45, 2.75) is 19.8 Å². The molecule has 2 heterocycles. The quantitative estimate of drug-likeness (QED) is 0.626. The van der Waals surface area contributed by atoms with Crippen LogP contribution < -0.4 is 0 Å². The van der Waals surface area contributed by atoms with Gasteiger partial charge in [0, 0.05) is 17.4 Å². The van der Waals surface area contributed by atoms with Crippen molar-refractivity contribution in [2.75, 3.05) is 0 Å². The van der Waals surface area contributed by atoms with Crippen LogP contribution in [0.25, 0.3) is 5.52 Å². The third-order valence-corrected chi connectivity index (χ3v) is 2.09. The highest BCUT2D eigenvalue weighted by atomic mass is 15.0. The van der Waals surface area contributed by atoms with Crippen molar-refractivity contribution < 1.29 is 0 Å². The molecule has 12 heavy (non-hydrogen) atoms. The van der Waals surface area contributed by atoms with Gasteiger partial charge >= 0.3 is 0 Å². The van der Waals surface area contributed by atoms with Crippen molar-refractivity contribution in [3.8, 4) is 0 Å². The second-order valence-electron chi connectivity index (χ2n) is 3.29. The fourth-order valence-corrected chi connectivity index (χ4v) is 1.44. The normalized spacial score (nSPS) is 11.2. The molecule has 0 atom stereocenters. The van der Waals surface area contributed by atoms with Crippen LogP contribution in [0.5, 0.6) is 0 Å². The molecular weight excluding hydrogens is 148 g/mol. The Balaban J connectivity index is 2.70. The van der Waals surface area contributed by atoms with E-state index in [4.69, 9.17) is 0 Å². The van der Waals surface area contributed by atoms with E-state index in [0.29, 0.717) is 5.92 Å². The molecule has 0 aliphatic rings. The van der Waals surface area contributed by atoms with Crippen molar-refractivity contribution >= 4 is 5.52 Å². The molecule has 0 saturated carbocycles. The standard InChI is InChI=1S/C10H12N2/c1-8(2)10-4-3-9-5-6-11-7-12(9)10/h3-8H,1-2H3. The zero-order valence-corrected chi connectivity index (χ0v) is 7.36. The van der Waals surface area contributed by atoms with Gasteiger partial charge in [0.1, 0.15) is 0 Å². The number of rotatable bonds is 1. The van der Waals surface area contributed by atoms with Gasteiger partial charge in [-0.1, -0.05) is 13.8 Å². The van der Waals surface area contributed by atoms with Gasteiger partial charge in [0.05, 0.1) is 6.33 Å². The zero-order chi connectivity index (χ0) is 8.55. The monoisotopic (exact) mass is 160 g/mol. The van der Waals surface area contributed by atoms with Gasteiger partial charge in [-0.15, -0.1) is 0 Å². The lowest BCUT2D eigenvalue weighted by molar-refractivity contribution is 0.802. The minimum Gasteiger partial charge on any atom is -0.305 e. The highest BCUT2D eigenvalue weighted by molar-refractivity contribution is 5.48. The summed E-state index contributed by atoms with van der Waals surface area (Å²) in [7, 11) is 0. The molecule has 2 nitrogen and oxygen atoms in total. The fourth-order valence-electron chi connectivity index (χ4n) is 1.44. The lowest BCUT2D eigenvalue weighted by Crippen LogP contribution is -1.94. The molecule has 0 aliphatic carbocycles. The predicted octanol–water partition coefficient (Wildman–Crippen LogP) is 2.46. The van der Waals surface area contributed by atoms with Crippen molar-refractivity contribution in [1.29, 1.82) is 0 Å². The Hall–Kier alpha value is -1.31. The SMILES string of the molecule is CC(C)c1ccc2ccncn12. The Morgan fingerprint density at radius 3 is 2.83 bits per heavy atom. The number of fused-ring (bicyclic) bond motifs is 1. The molecule has 0 bridgehead atoms. The van der Waals surface area contributed by atoms with E-state index in [-0.39, 0.29) is 0 Å². The first kappa shape index (κ1) is 7.35. The van der Waals surface area contributed by atoms with E-state index in [2.05, 4.69) is 35.4 Å². The first-order chi connectivity index (χ1) is 5.79. The lowest BCUT2D eigenvalue weighted by Gasteiger charge is -2.04. The van der Waals surface area contributed by atoms with Crippen LogP contribution >= 0.6 is 0 Å². The van der Waals surface area contributed by atoms with Gasteiger partial charge in [-0.25, -0.2) is 4.98 Å². The van der Waals surface area contributed by atoms with Gasteiger partial charge in [0.15, 0.2) is 0 Å². The minimum absolute atomic E-state index is 0.552. The molecule has 0 spiro atoms. The summed E-state index contributed by atoms with van der Waals surface area (Å²) in [6.45, 7) is 4.38. The maximum atomic E-state index is 4.09. The topological polar surface area (TPSA) is 17.3 Å². The summed E-state index contributed by atoms with van der Waals surface area (Å²) in [4.78, 5) is 4.09. The number of aromatic nitrogens is 2. The van der Waals surface area contributed by atoms with Crippen LogP contribution in [-0.4, -0.2) is 9.38 Å². The second-order valence-corrected chi connectivity index (χ2v) is 3.29. The Morgan fingerprint density at radius 1 is 1.25 bits per heavy atom. The van der Waals surface area contributed by atoms with Crippen LogP contribution in [0.2, 0.25) is 0 Å². The fraction of sp³-hybridized carbons (Fsp3) is 0.300. The Morgan fingerprint density at radius 2 is 2.08 bits per heavy atom. The smallest absolute Gasteiger partial charge is 0.0992 e. The van der Waals surface area contributed by atoms with Gasteiger partial charge < -0.3 is 4.40 Å². The first-order valence-corrected chi connectivity index (χ1v) is 4.20. The van der Waals surface area contributed by atoms with E-state index in [1.165, 1.54) is 11.2 Å². The van der Waals surface area contributed by atoms with Gasteiger partial charge in [-0.05, 0) is 24.1 Å². The predicted molar refractivity (Wildman–Crippen MR) is 49.3 cm³/mol. The average Bonchev–Trinajstić information content (AvgIpc) is 2.47. The highest BCUT2D eigenvalue weighted by Crippen LogP contribution is 2.17. The van der Waals surface area contributed by atoms with Crippen molar-refractivity contribution in [2.24, 2.45) is 0 Å². The van der Waals surface area contributed by atoms with Crippen LogP contribution in [0.4, 0.5) is 0 Å². The molecule has 0 radical (unpaired) electrons. The maximum absolute atomic E-state index is 4.09. The van der Waals surface area contributed by atoms with Gasteiger partial charge in [-0.2, -0.15) is 0 Å². The Kier molecular flexibility index (Phi) is 1.61. The molecule has 0 unspecified atom stereocenters. The molecule has 0 amide bonds. The second kappa shape index (κ2) is 2.63. The lowest BCUT2D eigenvalue weighted by atomic mass is 10.1. The van der Waals surface area contributed by atoms with E-state index in [1.54, 1.807) is 0 Å². The molecular formula is C10H12N2. The molecule has 0 fully saturated rings. The number of hydrogen-bond acceptors (Lipinski definition) is 1. The molecule has 62 valence electrons.